The lowest BCUT2D eigenvalue weighted by Gasteiger charge is -2.07. The van der Waals surface area contributed by atoms with Gasteiger partial charge in [0.15, 0.2) is 6.79 Å². The van der Waals surface area contributed by atoms with Gasteiger partial charge in [0, 0.05) is 18.7 Å². The molecule has 2 N–H and O–H groups in total. The smallest absolute Gasteiger partial charge is 0.337 e. The molecule has 0 saturated heterocycles. The van der Waals surface area contributed by atoms with Gasteiger partial charge >= 0.3 is 5.97 Å². The number of rotatable bonds is 4. The van der Waals surface area contributed by atoms with Crippen molar-refractivity contribution in [3.8, 4) is 0 Å². The maximum Gasteiger partial charge on any atom is 0.337 e. The first-order chi connectivity index (χ1) is 5.09. The molecule has 0 amide bonds. The van der Waals surface area contributed by atoms with Gasteiger partial charge in [-0.1, -0.05) is 6.58 Å². The fourth-order valence-electron chi connectivity index (χ4n) is 0.391. The maximum atomic E-state index is 10.9. The lowest BCUT2D eigenvalue weighted by molar-refractivity contribution is -0.149. The van der Waals surface area contributed by atoms with E-state index in [0.29, 0.717) is 0 Å². The van der Waals surface area contributed by atoms with Crippen LogP contribution in [0.5, 0.6) is 0 Å². The summed E-state index contributed by atoms with van der Waals surface area (Å²) in [4.78, 5) is 10.9. The Balaban J connectivity index is 3.75. The van der Waals surface area contributed by atoms with Gasteiger partial charge in [0.05, 0.1) is 0 Å². The summed E-state index contributed by atoms with van der Waals surface area (Å²) in [5.74, 6) is -0.512. The van der Waals surface area contributed by atoms with E-state index < -0.39 is 5.97 Å². The van der Waals surface area contributed by atoms with Crippen LogP contribution in [0.4, 0.5) is 0 Å². The van der Waals surface area contributed by atoms with Crippen LogP contribution in [0.1, 0.15) is 6.92 Å². The summed E-state index contributed by atoms with van der Waals surface area (Å²) >= 11 is 0. The Morgan fingerprint density at radius 1 is 1.73 bits per heavy atom. The van der Waals surface area contributed by atoms with Crippen molar-refractivity contribution in [2.75, 3.05) is 13.9 Å². The first-order valence-electron chi connectivity index (χ1n) is 3.20. The number of ether oxygens (including phenoxy) is 2. The molecule has 4 nitrogen and oxygen atoms in total. The van der Waals surface area contributed by atoms with Crippen molar-refractivity contribution in [1.29, 1.82) is 0 Å². The normalized spacial score (nSPS) is 12.3. The van der Waals surface area contributed by atoms with E-state index in [1.165, 1.54) is 7.11 Å². The number of carbonyl (C=O) groups excluding carboxylic acids is 1. The van der Waals surface area contributed by atoms with E-state index in [1.54, 1.807) is 6.92 Å². The molecule has 4 heteroatoms. The molecule has 0 rings (SSSR count). The van der Waals surface area contributed by atoms with Gasteiger partial charge in [0.1, 0.15) is 0 Å². The predicted octanol–water partition coefficient (Wildman–Crippen LogP) is 0.0369. The molecule has 0 aliphatic carbocycles. The number of hydrogen-bond donors (Lipinski definition) is 1. The summed E-state index contributed by atoms with van der Waals surface area (Å²) in [6.07, 6.45) is 0. The van der Waals surface area contributed by atoms with Gasteiger partial charge in [0.2, 0.25) is 0 Å². The highest BCUT2D eigenvalue weighted by Gasteiger charge is 2.11. The Morgan fingerprint density at radius 2 is 2.27 bits per heavy atom. The third-order valence-corrected chi connectivity index (χ3v) is 1.12. The molecule has 0 bridgehead atoms. The summed E-state index contributed by atoms with van der Waals surface area (Å²) in [6.45, 7) is 5.05. The molecule has 0 radical (unpaired) electrons. The first kappa shape index (κ1) is 10.1. The van der Waals surface area contributed by atoms with Crippen LogP contribution >= 0.6 is 0 Å². The molecule has 0 aliphatic heterocycles. The monoisotopic (exact) mass is 159 g/mol. The van der Waals surface area contributed by atoms with Crippen LogP contribution in [-0.4, -0.2) is 25.9 Å². The molecule has 1 atom stereocenters. The van der Waals surface area contributed by atoms with Crippen molar-refractivity contribution in [3.05, 3.63) is 12.2 Å². The summed E-state index contributed by atoms with van der Waals surface area (Å²) in [5, 5.41) is 0. The molecule has 0 aromatic rings. The van der Waals surface area contributed by atoms with Crippen LogP contribution in [0.3, 0.4) is 0 Å². The summed E-state index contributed by atoms with van der Waals surface area (Å²) in [6, 6.07) is -0.376. The van der Waals surface area contributed by atoms with E-state index in [0.717, 1.165) is 0 Å². The Labute approximate surface area is 66.0 Å². The molecular formula is C7H13NO3. The SMILES string of the molecule is C=C(C(=O)OCOC)C(C)N. The zero-order valence-electron chi connectivity index (χ0n) is 6.79. The molecule has 0 aliphatic rings. The molecule has 1 unspecified atom stereocenters. The molecule has 0 aromatic carbocycles. The summed E-state index contributed by atoms with van der Waals surface area (Å²) in [7, 11) is 1.43. The van der Waals surface area contributed by atoms with Gasteiger partial charge in [0.25, 0.3) is 0 Å². The van der Waals surface area contributed by atoms with E-state index >= 15 is 0 Å². The Bertz CT molecular complexity index is 154. The van der Waals surface area contributed by atoms with Crippen molar-refractivity contribution in [2.45, 2.75) is 13.0 Å². The highest BCUT2D eigenvalue weighted by Crippen LogP contribution is 1.98. The molecule has 11 heavy (non-hydrogen) atoms. The van der Waals surface area contributed by atoms with E-state index in [1.807, 2.05) is 0 Å². The zero-order valence-corrected chi connectivity index (χ0v) is 6.79. The number of methoxy groups -OCH3 is 1. The number of esters is 1. The van der Waals surface area contributed by atoms with Crippen LogP contribution in [0.25, 0.3) is 0 Å². The lowest BCUT2D eigenvalue weighted by atomic mass is 10.2. The van der Waals surface area contributed by atoms with Crippen molar-refractivity contribution in [2.24, 2.45) is 5.73 Å². The molecule has 0 spiro atoms. The van der Waals surface area contributed by atoms with E-state index in [4.69, 9.17) is 5.73 Å². The highest BCUT2D eigenvalue weighted by atomic mass is 16.7. The maximum absolute atomic E-state index is 10.9. The van der Waals surface area contributed by atoms with Crippen LogP contribution in [0.15, 0.2) is 12.2 Å². The van der Waals surface area contributed by atoms with E-state index in [-0.39, 0.29) is 18.4 Å². The highest BCUT2D eigenvalue weighted by molar-refractivity contribution is 5.88. The van der Waals surface area contributed by atoms with Gasteiger partial charge < -0.3 is 15.2 Å². The molecule has 0 saturated carbocycles. The second-order valence-corrected chi connectivity index (χ2v) is 2.15. The summed E-state index contributed by atoms with van der Waals surface area (Å²) in [5.41, 5.74) is 5.62. The minimum atomic E-state index is -0.512. The Morgan fingerprint density at radius 3 is 2.64 bits per heavy atom. The first-order valence-corrected chi connectivity index (χ1v) is 3.20. The van der Waals surface area contributed by atoms with Gasteiger partial charge in [-0.15, -0.1) is 0 Å². The average molecular weight is 159 g/mol. The molecule has 0 heterocycles. The molecule has 0 fully saturated rings. The molecule has 0 aromatic heterocycles. The second kappa shape index (κ2) is 4.87. The van der Waals surface area contributed by atoms with Crippen LogP contribution in [0.2, 0.25) is 0 Å². The minimum absolute atomic E-state index is 0.0649. The Hall–Kier alpha value is -0.870. The third-order valence-electron chi connectivity index (χ3n) is 1.12. The van der Waals surface area contributed by atoms with Gasteiger partial charge in [-0.2, -0.15) is 0 Å². The third kappa shape index (κ3) is 3.75. The largest absolute Gasteiger partial charge is 0.435 e. The zero-order chi connectivity index (χ0) is 8.85. The van der Waals surface area contributed by atoms with Crippen molar-refractivity contribution in [1.82, 2.24) is 0 Å². The van der Waals surface area contributed by atoms with E-state index in [2.05, 4.69) is 16.1 Å². The fraction of sp³-hybridized carbons (Fsp3) is 0.571. The predicted molar refractivity (Wildman–Crippen MR) is 40.8 cm³/mol. The molecule has 64 valence electrons. The van der Waals surface area contributed by atoms with Gasteiger partial charge in [-0.25, -0.2) is 4.79 Å². The number of carbonyl (C=O) groups is 1. The van der Waals surface area contributed by atoms with Crippen LogP contribution in [-0.2, 0) is 14.3 Å². The van der Waals surface area contributed by atoms with Crippen molar-refractivity contribution >= 4 is 5.97 Å². The molecular weight excluding hydrogens is 146 g/mol. The quantitative estimate of drug-likeness (QED) is 0.357. The topological polar surface area (TPSA) is 61.5 Å². The fourth-order valence-corrected chi connectivity index (χ4v) is 0.391. The van der Waals surface area contributed by atoms with Crippen LogP contribution in [0, 0.1) is 0 Å². The van der Waals surface area contributed by atoms with Crippen molar-refractivity contribution in [3.63, 3.8) is 0 Å². The summed E-state index contributed by atoms with van der Waals surface area (Å²) < 4.78 is 9.09. The lowest BCUT2D eigenvalue weighted by Crippen LogP contribution is -2.24. The average Bonchev–Trinajstić information content (AvgIpc) is 1.98. The number of nitrogens with two attached hydrogens (primary N) is 1. The Kier molecular flexibility index (Phi) is 4.49. The van der Waals surface area contributed by atoms with E-state index in [9.17, 15) is 4.79 Å². The minimum Gasteiger partial charge on any atom is -0.435 e. The van der Waals surface area contributed by atoms with Gasteiger partial charge in [-0.3, -0.25) is 0 Å². The van der Waals surface area contributed by atoms with Crippen molar-refractivity contribution < 1.29 is 14.3 Å². The van der Waals surface area contributed by atoms with Crippen LogP contribution < -0.4 is 5.73 Å². The number of hydrogen-bond acceptors (Lipinski definition) is 4. The van der Waals surface area contributed by atoms with Gasteiger partial charge in [-0.05, 0) is 6.92 Å². The second-order valence-electron chi connectivity index (χ2n) is 2.15. The standard InChI is InChI=1S/C7H13NO3/c1-5(6(2)8)7(9)11-4-10-3/h6H,1,4,8H2,2-3H3.